The van der Waals surface area contributed by atoms with Gasteiger partial charge in [0.05, 0.1) is 5.69 Å². The van der Waals surface area contributed by atoms with Crippen LogP contribution in [-0.2, 0) is 11.3 Å². The lowest BCUT2D eigenvalue weighted by atomic mass is 9.89. The summed E-state index contributed by atoms with van der Waals surface area (Å²) in [7, 11) is 0. The minimum atomic E-state index is 0.0466. The minimum Gasteiger partial charge on any atom is -0.371 e. The molecule has 1 atom stereocenters. The molecular weight excluding hydrogens is 244 g/mol. The second kappa shape index (κ2) is 6.13. The van der Waals surface area contributed by atoms with Gasteiger partial charge in [0.1, 0.15) is 11.1 Å². The van der Waals surface area contributed by atoms with Crippen LogP contribution in [0.3, 0.4) is 0 Å². The number of hydrogen-bond donors (Lipinski definition) is 1. The van der Waals surface area contributed by atoms with Crippen molar-refractivity contribution < 1.29 is 4.74 Å². The minimum absolute atomic E-state index is 0.0466. The molecule has 0 aliphatic heterocycles. The van der Waals surface area contributed by atoms with Gasteiger partial charge in [-0.3, -0.25) is 0 Å². The van der Waals surface area contributed by atoms with Crippen molar-refractivity contribution in [1.29, 1.82) is 0 Å². The molecule has 0 saturated carbocycles. The monoisotopic (exact) mass is 270 g/mol. The smallest absolute Gasteiger partial charge is 0.123 e. The molecule has 3 nitrogen and oxygen atoms in total. The van der Waals surface area contributed by atoms with Gasteiger partial charge in [0.25, 0.3) is 0 Å². The Morgan fingerprint density at radius 1 is 1.33 bits per heavy atom. The summed E-state index contributed by atoms with van der Waals surface area (Å²) in [6.07, 6.45) is 0.0466. The van der Waals surface area contributed by atoms with Gasteiger partial charge in [-0.1, -0.05) is 34.6 Å². The van der Waals surface area contributed by atoms with E-state index in [1.807, 2.05) is 6.92 Å². The Bertz CT molecular complexity index is 380. The van der Waals surface area contributed by atoms with Crippen LogP contribution in [0.2, 0.25) is 0 Å². The first-order chi connectivity index (χ1) is 8.31. The SMILES string of the molecule is CCOC(c1nc(C(C)C)c(CN)s1)C(C)(C)C. The maximum atomic E-state index is 5.89. The highest BCUT2D eigenvalue weighted by molar-refractivity contribution is 7.11. The molecule has 104 valence electrons. The normalized spacial score (nSPS) is 14.2. The number of hydrogen-bond acceptors (Lipinski definition) is 4. The van der Waals surface area contributed by atoms with E-state index in [0.29, 0.717) is 19.1 Å². The summed E-state index contributed by atoms with van der Waals surface area (Å²) in [5.41, 5.74) is 7.00. The summed E-state index contributed by atoms with van der Waals surface area (Å²) in [6.45, 7) is 14.2. The number of aromatic nitrogens is 1. The number of nitrogens with zero attached hydrogens (tertiary/aromatic N) is 1. The first-order valence-corrected chi connectivity index (χ1v) is 7.44. The predicted molar refractivity (Wildman–Crippen MR) is 77.9 cm³/mol. The number of thiazole rings is 1. The van der Waals surface area contributed by atoms with Crippen molar-refractivity contribution in [3.05, 3.63) is 15.6 Å². The molecule has 1 aromatic heterocycles. The van der Waals surface area contributed by atoms with E-state index >= 15 is 0 Å². The Hall–Kier alpha value is -0.450. The van der Waals surface area contributed by atoms with Gasteiger partial charge in [0.2, 0.25) is 0 Å². The molecule has 0 spiro atoms. The summed E-state index contributed by atoms with van der Waals surface area (Å²) >= 11 is 1.70. The topological polar surface area (TPSA) is 48.1 Å². The van der Waals surface area contributed by atoms with Crippen LogP contribution in [0.25, 0.3) is 0 Å². The van der Waals surface area contributed by atoms with E-state index in [2.05, 4.69) is 34.6 Å². The van der Waals surface area contributed by atoms with Gasteiger partial charge in [-0.2, -0.15) is 0 Å². The molecule has 18 heavy (non-hydrogen) atoms. The van der Waals surface area contributed by atoms with Gasteiger partial charge in [0.15, 0.2) is 0 Å². The number of rotatable bonds is 5. The summed E-state index contributed by atoms with van der Waals surface area (Å²) in [4.78, 5) is 5.97. The lowest BCUT2D eigenvalue weighted by Gasteiger charge is -2.28. The average Bonchev–Trinajstić information content (AvgIpc) is 2.67. The molecule has 1 rings (SSSR count). The molecule has 0 aliphatic carbocycles. The van der Waals surface area contributed by atoms with Crippen LogP contribution in [0.1, 0.15) is 69.1 Å². The van der Waals surface area contributed by atoms with Crippen molar-refractivity contribution in [2.75, 3.05) is 6.61 Å². The summed E-state index contributed by atoms with van der Waals surface area (Å²) in [5.74, 6) is 0.413. The van der Waals surface area contributed by atoms with E-state index in [-0.39, 0.29) is 11.5 Å². The summed E-state index contributed by atoms with van der Waals surface area (Å²) < 4.78 is 5.89. The predicted octanol–water partition coefficient (Wildman–Crippen LogP) is 3.85. The Labute approximate surface area is 115 Å². The maximum absolute atomic E-state index is 5.89. The third-order valence-corrected chi connectivity index (χ3v) is 3.96. The zero-order chi connectivity index (χ0) is 13.9. The Morgan fingerprint density at radius 3 is 2.28 bits per heavy atom. The summed E-state index contributed by atoms with van der Waals surface area (Å²) in [5, 5.41) is 1.06. The molecule has 0 fully saturated rings. The van der Waals surface area contributed by atoms with Gasteiger partial charge in [-0.25, -0.2) is 4.98 Å². The Balaban J connectivity index is 3.13. The lowest BCUT2D eigenvalue weighted by molar-refractivity contribution is -0.0134. The van der Waals surface area contributed by atoms with Crippen LogP contribution in [0.15, 0.2) is 0 Å². The fourth-order valence-corrected chi connectivity index (χ4v) is 3.34. The van der Waals surface area contributed by atoms with Crippen LogP contribution in [-0.4, -0.2) is 11.6 Å². The molecule has 0 aromatic carbocycles. The number of ether oxygens (including phenoxy) is 1. The highest BCUT2D eigenvalue weighted by Gasteiger charge is 2.30. The molecule has 0 bridgehead atoms. The lowest BCUT2D eigenvalue weighted by Crippen LogP contribution is -2.21. The Kier molecular flexibility index (Phi) is 5.32. The molecule has 0 saturated heterocycles. The van der Waals surface area contributed by atoms with Crippen molar-refractivity contribution >= 4 is 11.3 Å². The third kappa shape index (κ3) is 3.53. The van der Waals surface area contributed by atoms with E-state index in [1.54, 1.807) is 11.3 Å². The second-order valence-electron chi connectivity index (χ2n) is 5.92. The van der Waals surface area contributed by atoms with Crippen LogP contribution in [0, 0.1) is 5.41 Å². The molecule has 0 aliphatic rings. The molecule has 1 unspecified atom stereocenters. The third-order valence-electron chi connectivity index (χ3n) is 2.82. The molecule has 1 aromatic rings. The van der Waals surface area contributed by atoms with E-state index < -0.39 is 0 Å². The molecular formula is C14H26N2OS. The second-order valence-corrected chi connectivity index (χ2v) is 7.04. The fourth-order valence-electron chi connectivity index (χ4n) is 1.95. The van der Waals surface area contributed by atoms with E-state index in [1.165, 1.54) is 4.88 Å². The summed E-state index contributed by atoms with van der Waals surface area (Å²) in [6, 6.07) is 0. The Morgan fingerprint density at radius 2 is 1.94 bits per heavy atom. The molecule has 4 heteroatoms. The zero-order valence-corrected chi connectivity index (χ0v) is 13.2. The van der Waals surface area contributed by atoms with Gasteiger partial charge >= 0.3 is 0 Å². The van der Waals surface area contributed by atoms with Crippen molar-refractivity contribution in [2.45, 2.75) is 60.1 Å². The van der Waals surface area contributed by atoms with Crippen molar-refractivity contribution in [3.63, 3.8) is 0 Å². The first-order valence-electron chi connectivity index (χ1n) is 6.62. The number of nitrogens with two attached hydrogens (primary N) is 1. The van der Waals surface area contributed by atoms with E-state index in [0.717, 1.165) is 10.7 Å². The molecule has 2 N–H and O–H groups in total. The molecule has 0 radical (unpaired) electrons. The highest BCUT2D eigenvalue weighted by atomic mass is 32.1. The zero-order valence-electron chi connectivity index (χ0n) is 12.4. The highest BCUT2D eigenvalue weighted by Crippen LogP contribution is 2.39. The van der Waals surface area contributed by atoms with Crippen LogP contribution < -0.4 is 5.73 Å². The van der Waals surface area contributed by atoms with Gasteiger partial charge in [-0.15, -0.1) is 11.3 Å². The van der Waals surface area contributed by atoms with Crippen molar-refractivity contribution in [1.82, 2.24) is 4.98 Å². The van der Waals surface area contributed by atoms with E-state index in [4.69, 9.17) is 15.5 Å². The van der Waals surface area contributed by atoms with Gasteiger partial charge in [-0.05, 0) is 18.3 Å². The molecule has 0 amide bonds. The quantitative estimate of drug-likeness (QED) is 0.884. The van der Waals surface area contributed by atoms with Crippen LogP contribution >= 0.6 is 11.3 Å². The largest absolute Gasteiger partial charge is 0.371 e. The molecule has 1 heterocycles. The van der Waals surface area contributed by atoms with Crippen LogP contribution in [0.5, 0.6) is 0 Å². The van der Waals surface area contributed by atoms with Gasteiger partial charge < -0.3 is 10.5 Å². The fraction of sp³-hybridized carbons (Fsp3) is 0.786. The van der Waals surface area contributed by atoms with Crippen molar-refractivity contribution in [2.24, 2.45) is 11.1 Å². The average molecular weight is 270 g/mol. The van der Waals surface area contributed by atoms with Crippen molar-refractivity contribution in [3.8, 4) is 0 Å². The van der Waals surface area contributed by atoms with Crippen LogP contribution in [0.4, 0.5) is 0 Å². The first kappa shape index (κ1) is 15.6. The van der Waals surface area contributed by atoms with Gasteiger partial charge in [0, 0.05) is 18.0 Å². The standard InChI is InChI=1S/C14H26N2OS/c1-7-17-12(14(4,5)6)13-16-11(9(2)3)10(8-15)18-13/h9,12H,7-8,15H2,1-6H3. The maximum Gasteiger partial charge on any atom is 0.123 e. The van der Waals surface area contributed by atoms with E-state index in [9.17, 15) is 0 Å².